The molecule has 1 aliphatic rings. The molecule has 1 aromatic carbocycles. The molecule has 0 radical (unpaired) electrons. The lowest BCUT2D eigenvalue weighted by Crippen LogP contribution is -2.55. The summed E-state index contributed by atoms with van der Waals surface area (Å²) in [6, 6.07) is 3.69. The minimum atomic E-state index is -3.90. The highest BCUT2D eigenvalue weighted by atomic mass is 35.5. The van der Waals surface area contributed by atoms with Gasteiger partial charge in [0, 0.05) is 13.1 Å². The van der Waals surface area contributed by atoms with Gasteiger partial charge in [-0.3, -0.25) is 4.79 Å². The number of sulfonamides is 1. The summed E-state index contributed by atoms with van der Waals surface area (Å²) in [5.74, 6) is -0.335. The number of nitrogens with one attached hydrogen (secondary N) is 1. The predicted octanol–water partition coefficient (Wildman–Crippen LogP) is 1.50. The van der Waals surface area contributed by atoms with Crippen LogP contribution >= 0.6 is 23.2 Å². The molecular formula is C11H12Cl2N2O3S. The Morgan fingerprint density at radius 1 is 1.32 bits per heavy atom. The van der Waals surface area contributed by atoms with Crippen molar-refractivity contribution in [2.24, 2.45) is 0 Å². The smallest absolute Gasteiger partial charge is 0.246 e. The van der Waals surface area contributed by atoms with Gasteiger partial charge in [-0.2, -0.15) is 4.31 Å². The zero-order valence-electron chi connectivity index (χ0n) is 10.1. The van der Waals surface area contributed by atoms with Crippen LogP contribution in [0.4, 0.5) is 0 Å². The van der Waals surface area contributed by atoms with Crippen LogP contribution in [-0.4, -0.2) is 37.8 Å². The highest BCUT2D eigenvalue weighted by molar-refractivity contribution is 7.89. The summed E-state index contributed by atoms with van der Waals surface area (Å²) in [4.78, 5) is 11.4. The van der Waals surface area contributed by atoms with Crippen molar-refractivity contribution >= 4 is 39.1 Å². The Kier molecular flexibility index (Phi) is 4.06. The summed E-state index contributed by atoms with van der Waals surface area (Å²) in [6.45, 7) is 1.98. The van der Waals surface area contributed by atoms with Crippen molar-refractivity contribution in [3.8, 4) is 0 Å². The third-order valence-electron chi connectivity index (χ3n) is 2.93. The lowest BCUT2D eigenvalue weighted by Gasteiger charge is -2.32. The molecule has 0 aromatic heterocycles. The van der Waals surface area contributed by atoms with Gasteiger partial charge in [0.25, 0.3) is 0 Å². The van der Waals surface area contributed by atoms with Gasteiger partial charge >= 0.3 is 0 Å². The summed E-state index contributed by atoms with van der Waals surface area (Å²) in [5, 5.41) is 2.70. The second kappa shape index (κ2) is 5.28. The van der Waals surface area contributed by atoms with Crippen LogP contribution in [0.3, 0.4) is 0 Å². The molecule has 2 rings (SSSR count). The Morgan fingerprint density at radius 3 is 2.47 bits per heavy atom. The molecule has 1 amide bonds. The Labute approximate surface area is 121 Å². The van der Waals surface area contributed by atoms with E-state index in [1.165, 1.54) is 19.1 Å². The average molecular weight is 323 g/mol. The fourth-order valence-corrected chi connectivity index (χ4v) is 4.63. The molecule has 8 heteroatoms. The largest absolute Gasteiger partial charge is 0.353 e. The molecule has 5 nitrogen and oxygen atoms in total. The van der Waals surface area contributed by atoms with Crippen molar-refractivity contribution in [2.75, 3.05) is 13.1 Å². The van der Waals surface area contributed by atoms with Gasteiger partial charge in [-0.1, -0.05) is 29.3 Å². The maximum Gasteiger partial charge on any atom is 0.246 e. The maximum absolute atomic E-state index is 12.6. The first-order valence-electron chi connectivity index (χ1n) is 5.59. The van der Waals surface area contributed by atoms with E-state index in [9.17, 15) is 13.2 Å². The number of carbonyl (C=O) groups excluding carboxylic acids is 1. The lowest BCUT2D eigenvalue weighted by atomic mass is 10.2. The quantitative estimate of drug-likeness (QED) is 0.897. The minimum absolute atomic E-state index is 0.0469. The third kappa shape index (κ3) is 2.58. The van der Waals surface area contributed by atoms with E-state index in [0.717, 1.165) is 4.31 Å². The van der Waals surface area contributed by atoms with Gasteiger partial charge in [-0.05, 0) is 19.1 Å². The van der Waals surface area contributed by atoms with Crippen LogP contribution in [0.25, 0.3) is 0 Å². The standard InChI is InChI=1S/C11H12Cl2N2O3S/c1-7-11(16)14-5-6-15(7)19(17,18)10-8(12)3-2-4-9(10)13/h2-4,7H,5-6H2,1H3,(H,14,16). The van der Waals surface area contributed by atoms with Gasteiger partial charge in [-0.25, -0.2) is 8.42 Å². The van der Waals surface area contributed by atoms with Gasteiger partial charge in [0.1, 0.15) is 10.9 Å². The molecule has 1 aliphatic heterocycles. The highest BCUT2D eigenvalue weighted by Gasteiger charge is 2.37. The van der Waals surface area contributed by atoms with E-state index >= 15 is 0 Å². The summed E-state index contributed by atoms with van der Waals surface area (Å²) in [6.07, 6.45) is 0. The minimum Gasteiger partial charge on any atom is -0.353 e. The molecule has 104 valence electrons. The molecule has 19 heavy (non-hydrogen) atoms. The van der Waals surface area contributed by atoms with E-state index in [2.05, 4.69) is 5.32 Å². The van der Waals surface area contributed by atoms with E-state index in [1.807, 2.05) is 0 Å². The Bertz CT molecular complexity index is 598. The predicted molar refractivity (Wildman–Crippen MR) is 72.8 cm³/mol. The Morgan fingerprint density at radius 2 is 1.89 bits per heavy atom. The molecule has 0 aliphatic carbocycles. The maximum atomic E-state index is 12.6. The Balaban J connectivity index is 2.51. The monoisotopic (exact) mass is 322 g/mol. The van der Waals surface area contributed by atoms with Crippen LogP contribution in [0, 0.1) is 0 Å². The fraction of sp³-hybridized carbons (Fsp3) is 0.364. The van der Waals surface area contributed by atoms with Gasteiger partial charge in [0.05, 0.1) is 10.0 Å². The summed E-state index contributed by atoms with van der Waals surface area (Å²) in [5.41, 5.74) is 0. The second-order valence-corrected chi connectivity index (χ2v) is 6.78. The number of nitrogens with zero attached hydrogens (tertiary/aromatic N) is 1. The number of rotatable bonds is 2. The topological polar surface area (TPSA) is 66.5 Å². The van der Waals surface area contributed by atoms with Crippen molar-refractivity contribution in [1.82, 2.24) is 9.62 Å². The molecule has 1 heterocycles. The zero-order chi connectivity index (χ0) is 14.2. The van der Waals surface area contributed by atoms with E-state index in [-0.39, 0.29) is 33.9 Å². The Hall–Kier alpha value is -0.820. The molecule has 1 saturated heterocycles. The van der Waals surface area contributed by atoms with Gasteiger partial charge in [0.15, 0.2) is 0 Å². The van der Waals surface area contributed by atoms with E-state index in [1.54, 1.807) is 6.07 Å². The van der Waals surface area contributed by atoms with Crippen LogP contribution in [-0.2, 0) is 14.8 Å². The summed E-state index contributed by atoms with van der Waals surface area (Å²) < 4.78 is 26.2. The van der Waals surface area contributed by atoms with Crippen molar-refractivity contribution < 1.29 is 13.2 Å². The van der Waals surface area contributed by atoms with Crippen molar-refractivity contribution in [3.63, 3.8) is 0 Å². The lowest BCUT2D eigenvalue weighted by molar-refractivity contribution is -0.126. The number of benzene rings is 1. The van der Waals surface area contributed by atoms with Crippen LogP contribution in [0.15, 0.2) is 23.1 Å². The second-order valence-electron chi connectivity index (χ2n) is 4.13. The first kappa shape index (κ1) is 14.6. The molecule has 1 unspecified atom stereocenters. The molecule has 1 atom stereocenters. The number of halogens is 2. The van der Waals surface area contributed by atoms with Gasteiger partial charge in [-0.15, -0.1) is 0 Å². The normalized spacial score (nSPS) is 21.2. The zero-order valence-corrected chi connectivity index (χ0v) is 12.4. The molecule has 1 aromatic rings. The SMILES string of the molecule is CC1C(=O)NCCN1S(=O)(=O)c1c(Cl)cccc1Cl. The van der Waals surface area contributed by atoms with Crippen LogP contribution in [0.1, 0.15) is 6.92 Å². The number of hydrogen-bond donors (Lipinski definition) is 1. The van der Waals surface area contributed by atoms with Crippen LogP contribution in [0.2, 0.25) is 10.0 Å². The molecule has 0 saturated carbocycles. The fourth-order valence-electron chi connectivity index (χ4n) is 1.94. The molecule has 1 fully saturated rings. The summed E-state index contributed by atoms with van der Waals surface area (Å²) in [7, 11) is -3.90. The summed E-state index contributed by atoms with van der Waals surface area (Å²) >= 11 is 11.9. The van der Waals surface area contributed by atoms with E-state index in [0.29, 0.717) is 0 Å². The number of piperazine rings is 1. The number of amides is 1. The highest BCUT2D eigenvalue weighted by Crippen LogP contribution is 2.32. The van der Waals surface area contributed by atoms with Crippen LogP contribution in [0.5, 0.6) is 0 Å². The first-order chi connectivity index (χ1) is 8.85. The van der Waals surface area contributed by atoms with Gasteiger partial charge in [0.2, 0.25) is 15.9 Å². The van der Waals surface area contributed by atoms with Crippen molar-refractivity contribution in [3.05, 3.63) is 28.2 Å². The molecule has 1 N–H and O–H groups in total. The average Bonchev–Trinajstić information content (AvgIpc) is 2.32. The van der Waals surface area contributed by atoms with Gasteiger partial charge < -0.3 is 5.32 Å². The van der Waals surface area contributed by atoms with Crippen LogP contribution < -0.4 is 5.32 Å². The first-order valence-corrected chi connectivity index (χ1v) is 7.79. The third-order valence-corrected chi connectivity index (χ3v) is 5.85. The van der Waals surface area contributed by atoms with Crippen molar-refractivity contribution in [1.29, 1.82) is 0 Å². The van der Waals surface area contributed by atoms with E-state index in [4.69, 9.17) is 23.2 Å². The van der Waals surface area contributed by atoms with Crippen molar-refractivity contribution in [2.45, 2.75) is 17.9 Å². The molecule has 0 spiro atoms. The number of carbonyl (C=O) groups is 1. The molecule has 0 bridgehead atoms. The molecular weight excluding hydrogens is 311 g/mol. The van der Waals surface area contributed by atoms with E-state index < -0.39 is 16.1 Å². The number of hydrogen-bond acceptors (Lipinski definition) is 3.